The molecule has 78 valence electrons. The molecular weight excluding hydrogens is 198 g/mol. The Balaban J connectivity index is 4.86. The van der Waals surface area contributed by atoms with E-state index in [9.17, 15) is 13.2 Å². The zero-order valence-electron chi connectivity index (χ0n) is 7.23. The van der Waals surface area contributed by atoms with Crippen molar-refractivity contribution in [2.24, 2.45) is 5.73 Å². The van der Waals surface area contributed by atoms with Gasteiger partial charge in [0, 0.05) is 0 Å². The molecule has 0 aliphatic carbocycles. The van der Waals surface area contributed by atoms with Gasteiger partial charge in [-0.2, -0.15) is 8.42 Å². The van der Waals surface area contributed by atoms with Crippen molar-refractivity contribution >= 4 is 16.1 Å². The Morgan fingerprint density at radius 3 is 2.23 bits per heavy atom. The molecule has 1 unspecified atom stereocenters. The molecule has 4 N–H and O–H groups in total. The minimum absolute atomic E-state index is 0.294. The predicted octanol–water partition coefficient (Wildman–Crippen LogP) is -0.196. The topological polar surface area (TPSA) is 118 Å². The number of carboxylic acids is 1. The van der Waals surface area contributed by atoms with Crippen LogP contribution in [-0.4, -0.2) is 28.9 Å². The van der Waals surface area contributed by atoms with E-state index < -0.39 is 21.0 Å². The number of unbranched alkanes of at least 4 members (excludes halogenated alkanes) is 1. The van der Waals surface area contributed by atoms with Crippen LogP contribution >= 0.6 is 0 Å². The Morgan fingerprint density at radius 1 is 1.54 bits per heavy atom. The van der Waals surface area contributed by atoms with Gasteiger partial charge in [0.2, 0.25) is 4.87 Å². The van der Waals surface area contributed by atoms with Crippen molar-refractivity contribution in [2.45, 2.75) is 31.1 Å². The van der Waals surface area contributed by atoms with Gasteiger partial charge in [-0.25, -0.2) is 4.79 Å². The lowest BCUT2D eigenvalue weighted by atomic mass is 10.1. The molecule has 0 rings (SSSR count). The van der Waals surface area contributed by atoms with Gasteiger partial charge in [-0.1, -0.05) is 19.8 Å². The molecule has 6 nitrogen and oxygen atoms in total. The van der Waals surface area contributed by atoms with Crippen molar-refractivity contribution in [1.82, 2.24) is 0 Å². The Bertz CT molecular complexity index is 285. The number of nitrogens with two attached hydrogens (primary N) is 1. The third kappa shape index (κ3) is 2.64. The highest BCUT2D eigenvalue weighted by Gasteiger charge is 2.46. The minimum Gasteiger partial charge on any atom is -0.479 e. The standard InChI is InChI=1S/C6H13NO5S/c1-2-3-4-6(7,5(8)9)13(10,11)12/h2-4,7H2,1H3,(H,8,9)(H,10,11,12). The van der Waals surface area contributed by atoms with E-state index in [1.54, 1.807) is 6.92 Å². The van der Waals surface area contributed by atoms with E-state index in [0.29, 0.717) is 12.8 Å². The maximum absolute atomic E-state index is 10.7. The van der Waals surface area contributed by atoms with Crippen LogP contribution in [0.15, 0.2) is 0 Å². The molecule has 1 atom stereocenters. The summed E-state index contributed by atoms with van der Waals surface area (Å²) >= 11 is 0. The molecule has 0 aromatic carbocycles. The minimum atomic E-state index is -4.76. The second-order valence-electron chi connectivity index (χ2n) is 2.77. The number of carbonyl (C=O) groups is 1. The molecule has 0 radical (unpaired) electrons. The fourth-order valence-electron chi connectivity index (χ4n) is 0.786. The number of rotatable bonds is 5. The van der Waals surface area contributed by atoms with Crippen molar-refractivity contribution in [3.63, 3.8) is 0 Å². The van der Waals surface area contributed by atoms with E-state index in [2.05, 4.69) is 0 Å². The molecule has 0 aromatic heterocycles. The van der Waals surface area contributed by atoms with Gasteiger partial charge < -0.3 is 10.8 Å². The van der Waals surface area contributed by atoms with E-state index in [0.717, 1.165) is 0 Å². The van der Waals surface area contributed by atoms with Gasteiger partial charge in [0.25, 0.3) is 10.1 Å². The lowest BCUT2D eigenvalue weighted by Gasteiger charge is -2.20. The lowest BCUT2D eigenvalue weighted by Crippen LogP contribution is -2.54. The van der Waals surface area contributed by atoms with Gasteiger partial charge in [-0.05, 0) is 6.42 Å². The maximum atomic E-state index is 10.7. The molecular formula is C6H13NO5S. The summed E-state index contributed by atoms with van der Waals surface area (Å²) in [4.78, 5) is 7.94. The summed E-state index contributed by atoms with van der Waals surface area (Å²) in [5, 5.41) is 8.53. The fourth-order valence-corrected chi connectivity index (χ4v) is 1.41. The zero-order chi connectivity index (χ0) is 10.7. The largest absolute Gasteiger partial charge is 0.479 e. The first-order valence-corrected chi connectivity index (χ1v) is 5.19. The van der Waals surface area contributed by atoms with Crippen molar-refractivity contribution in [3.8, 4) is 0 Å². The normalized spacial score (nSPS) is 16.5. The molecule has 0 spiro atoms. The van der Waals surface area contributed by atoms with Crippen LogP contribution in [0.3, 0.4) is 0 Å². The molecule has 0 aliphatic heterocycles. The first kappa shape index (κ1) is 12.3. The van der Waals surface area contributed by atoms with Crippen molar-refractivity contribution in [2.75, 3.05) is 0 Å². The summed E-state index contributed by atoms with van der Waals surface area (Å²) in [5.74, 6) is -1.73. The number of hydrogen-bond acceptors (Lipinski definition) is 4. The van der Waals surface area contributed by atoms with Crippen LogP contribution in [0.1, 0.15) is 26.2 Å². The number of hydrogen-bond donors (Lipinski definition) is 3. The Labute approximate surface area is 76.5 Å². The molecule has 13 heavy (non-hydrogen) atoms. The van der Waals surface area contributed by atoms with Crippen LogP contribution < -0.4 is 5.73 Å². The summed E-state index contributed by atoms with van der Waals surface area (Å²) in [6.07, 6.45) is 0.627. The van der Waals surface area contributed by atoms with Gasteiger partial charge in [0.15, 0.2) is 0 Å². The first-order valence-electron chi connectivity index (χ1n) is 3.75. The molecule has 0 bridgehead atoms. The highest BCUT2D eigenvalue weighted by molar-refractivity contribution is 7.88. The Morgan fingerprint density at radius 2 is 2.00 bits per heavy atom. The summed E-state index contributed by atoms with van der Waals surface area (Å²) in [6, 6.07) is 0. The van der Waals surface area contributed by atoms with E-state index >= 15 is 0 Å². The third-order valence-electron chi connectivity index (χ3n) is 1.72. The van der Waals surface area contributed by atoms with Crippen LogP contribution in [0.25, 0.3) is 0 Å². The van der Waals surface area contributed by atoms with E-state index in [1.165, 1.54) is 0 Å². The van der Waals surface area contributed by atoms with Gasteiger partial charge in [-0.15, -0.1) is 0 Å². The Hall–Kier alpha value is -0.660. The van der Waals surface area contributed by atoms with Gasteiger partial charge in [0.05, 0.1) is 0 Å². The molecule has 0 fully saturated rings. The van der Waals surface area contributed by atoms with Gasteiger partial charge >= 0.3 is 5.97 Å². The quantitative estimate of drug-likeness (QED) is 0.542. The summed E-state index contributed by atoms with van der Waals surface area (Å²) in [7, 11) is -4.76. The second kappa shape index (κ2) is 4.03. The number of carboxylic acid groups (broad SMARTS) is 1. The van der Waals surface area contributed by atoms with E-state index in [-0.39, 0.29) is 6.42 Å². The van der Waals surface area contributed by atoms with Crippen LogP contribution in [0.5, 0.6) is 0 Å². The smallest absolute Gasteiger partial charge is 0.342 e. The molecule has 0 amide bonds. The lowest BCUT2D eigenvalue weighted by molar-refractivity contribution is -0.140. The first-order chi connectivity index (χ1) is 5.75. The third-order valence-corrected chi connectivity index (χ3v) is 3.02. The van der Waals surface area contributed by atoms with Gasteiger partial charge in [0.1, 0.15) is 0 Å². The fraction of sp³-hybridized carbons (Fsp3) is 0.833. The van der Waals surface area contributed by atoms with Crippen molar-refractivity contribution < 1.29 is 22.9 Å². The highest BCUT2D eigenvalue weighted by Crippen LogP contribution is 2.17. The predicted molar refractivity (Wildman–Crippen MR) is 45.6 cm³/mol. The average molecular weight is 211 g/mol. The molecule has 0 aliphatic rings. The molecule has 0 aromatic rings. The van der Waals surface area contributed by atoms with E-state index in [1.807, 2.05) is 0 Å². The van der Waals surface area contributed by atoms with Crippen LogP contribution in [-0.2, 0) is 14.9 Å². The maximum Gasteiger partial charge on any atom is 0.342 e. The molecule has 0 heterocycles. The summed E-state index contributed by atoms with van der Waals surface area (Å²) in [6.45, 7) is 1.76. The molecule has 0 saturated heterocycles. The van der Waals surface area contributed by atoms with E-state index in [4.69, 9.17) is 15.4 Å². The monoisotopic (exact) mass is 211 g/mol. The Kier molecular flexibility index (Phi) is 3.83. The number of aliphatic carboxylic acids is 1. The molecule has 0 saturated carbocycles. The van der Waals surface area contributed by atoms with Gasteiger partial charge in [-0.3, -0.25) is 4.55 Å². The summed E-state index contributed by atoms with van der Waals surface area (Å²) in [5.41, 5.74) is 5.07. The zero-order valence-corrected chi connectivity index (χ0v) is 8.04. The van der Waals surface area contributed by atoms with Crippen molar-refractivity contribution in [1.29, 1.82) is 0 Å². The van der Waals surface area contributed by atoms with Crippen LogP contribution in [0, 0.1) is 0 Å². The average Bonchev–Trinajstić information content (AvgIpc) is 1.97. The van der Waals surface area contributed by atoms with Crippen molar-refractivity contribution in [3.05, 3.63) is 0 Å². The molecule has 7 heteroatoms. The SMILES string of the molecule is CCCCC(N)(C(=O)O)S(=O)(=O)O. The van der Waals surface area contributed by atoms with Crippen LogP contribution in [0.2, 0.25) is 0 Å². The summed E-state index contributed by atoms with van der Waals surface area (Å²) < 4.78 is 29.9. The second-order valence-corrected chi connectivity index (χ2v) is 4.45. The highest BCUT2D eigenvalue weighted by atomic mass is 32.2. The van der Waals surface area contributed by atoms with Crippen LogP contribution in [0.4, 0.5) is 0 Å².